The molecule has 0 aliphatic rings. The fraction of sp³-hybridized carbons (Fsp3) is 0.625. The quantitative estimate of drug-likeness (QED) is 0.713. The highest BCUT2D eigenvalue weighted by atomic mass is 32.2. The van der Waals surface area contributed by atoms with Crippen LogP contribution in [-0.2, 0) is 15.3 Å². The smallest absolute Gasteiger partial charge is 0.147 e. The molecule has 20 heavy (non-hydrogen) atoms. The third kappa shape index (κ3) is 5.25. The van der Waals surface area contributed by atoms with Crippen molar-refractivity contribution in [1.29, 1.82) is 0 Å². The first-order valence-corrected chi connectivity index (χ1v) is 9.43. The zero-order chi connectivity index (χ0) is 15.1. The molecule has 1 unspecified atom stereocenters. The van der Waals surface area contributed by atoms with Crippen molar-refractivity contribution >= 4 is 9.84 Å². The molecule has 0 aromatic heterocycles. The van der Waals surface area contributed by atoms with E-state index in [2.05, 4.69) is 31.3 Å². The van der Waals surface area contributed by atoms with Gasteiger partial charge in [0.15, 0.2) is 0 Å². The maximum absolute atomic E-state index is 11.5. The minimum absolute atomic E-state index is 0.0977. The van der Waals surface area contributed by atoms with Crippen LogP contribution in [-0.4, -0.2) is 33.5 Å². The van der Waals surface area contributed by atoms with Crippen LogP contribution in [0, 0.1) is 0 Å². The van der Waals surface area contributed by atoms with Crippen molar-refractivity contribution < 1.29 is 8.42 Å². The Balaban J connectivity index is 2.96. The summed E-state index contributed by atoms with van der Waals surface area (Å²) in [6.45, 7) is 6.08. The summed E-state index contributed by atoms with van der Waals surface area (Å²) in [6.07, 6.45) is 4.00. The maximum Gasteiger partial charge on any atom is 0.147 e. The molecule has 0 aliphatic carbocycles. The Morgan fingerprint density at radius 1 is 1.15 bits per heavy atom. The molecule has 0 heterocycles. The first-order chi connectivity index (χ1) is 9.43. The van der Waals surface area contributed by atoms with E-state index in [-0.39, 0.29) is 11.2 Å². The minimum Gasteiger partial charge on any atom is -0.316 e. The van der Waals surface area contributed by atoms with E-state index < -0.39 is 9.84 Å². The molecule has 0 bridgehead atoms. The molecule has 3 nitrogen and oxygen atoms in total. The van der Waals surface area contributed by atoms with Crippen molar-refractivity contribution in [3.05, 3.63) is 35.9 Å². The molecule has 4 heteroatoms. The maximum atomic E-state index is 11.5. The number of hydrogen-bond donors (Lipinski definition) is 1. The molecule has 1 rings (SSSR count). The Bertz CT molecular complexity index is 484. The molecular weight excluding hydrogens is 270 g/mol. The topological polar surface area (TPSA) is 46.2 Å². The second-order valence-electron chi connectivity index (χ2n) is 5.56. The zero-order valence-electron chi connectivity index (χ0n) is 12.9. The summed E-state index contributed by atoms with van der Waals surface area (Å²) in [4.78, 5) is 0. The summed E-state index contributed by atoms with van der Waals surface area (Å²) >= 11 is 0. The van der Waals surface area contributed by atoms with Crippen molar-refractivity contribution in [2.24, 2.45) is 0 Å². The predicted molar refractivity (Wildman–Crippen MR) is 85.9 cm³/mol. The van der Waals surface area contributed by atoms with Crippen LogP contribution in [0.2, 0.25) is 0 Å². The van der Waals surface area contributed by atoms with Crippen LogP contribution >= 0.6 is 0 Å². The molecule has 114 valence electrons. The van der Waals surface area contributed by atoms with Gasteiger partial charge in [0, 0.05) is 18.2 Å². The molecule has 0 saturated carbocycles. The van der Waals surface area contributed by atoms with Gasteiger partial charge in [-0.1, -0.05) is 44.2 Å². The van der Waals surface area contributed by atoms with Crippen LogP contribution in [0.15, 0.2) is 30.3 Å². The van der Waals surface area contributed by atoms with Gasteiger partial charge in [-0.25, -0.2) is 8.42 Å². The summed E-state index contributed by atoms with van der Waals surface area (Å²) in [6, 6.07) is 10.3. The van der Waals surface area contributed by atoms with Gasteiger partial charge >= 0.3 is 0 Å². The van der Waals surface area contributed by atoms with Crippen molar-refractivity contribution in [2.45, 2.75) is 38.5 Å². The van der Waals surface area contributed by atoms with Gasteiger partial charge in [0.05, 0.1) is 5.75 Å². The lowest BCUT2D eigenvalue weighted by atomic mass is 9.75. The minimum atomic E-state index is -2.93. The summed E-state index contributed by atoms with van der Waals surface area (Å²) in [5.74, 6) is 0.240. The molecule has 0 fully saturated rings. The Morgan fingerprint density at radius 3 is 2.30 bits per heavy atom. The van der Waals surface area contributed by atoms with E-state index in [0.29, 0.717) is 6.42 Å². The van der Waals surface area contributed by atoms with Crippen LogP contribution in [0.25, 0.3) is 0 Å². The van der Waals surface area contributed by atoms with E-state index in [4.69, 9.17) is 0 Å². The van der Waals surface area contributed by atoms with Gasteiger partial charge in [-0.2, -0.15) is 0 Å². The van der Waals surface area contributed by atoms with Crippen LogP contribution < -0.4 is 5.32 Å². The number of sulfone groups is 1. The van der Waals surface area contributed by atoms with Gasteiger partial charge in [-0.3, -0.25) is 0 Å². The average molecular weight is 297 g/mol. The van der Waals surface area contributed by atoms with Crippen molar-refractivity contribution in [3.63, 3.8) is 0 Å². The lowest BCUT2D eigenvalue weighted by Gasteiger charge is -2.34. The highest BCUT2D eigenvalue weighted by Crippen LogP contribution is 2.31. The monoisotopic (exact) mass is 297 g/mol. The van der Waals surface area contributed by atoms with Crippen LogP contribution in [0.3, 0.4) is 0 Å². The molecule has 0 amide bonds. The van der Waals surface area contributed by atoms with Gasteiger partial charge in [-0.05, 0) is 31.4 Å². The summed E-state index contributed by atoms with van der Waals surface area (Å²) in [5, 5.41) is 3.47. The van der Waals surface area contributed by atoms with E-state index in [9.17, 15) is 8.42 Å². The number of nitrogens with one attached hydrogen (secondary N) is 1. The van der Waals surface area contributed by atoms with Crippen LogP contribution in [0.1, 0.15) is 38.7 Å². The number of hydrogen-bond acceptors (Lipinski definition) is 3. The highest BCUT2D eigenvalue weighted by molar-refractivity contribution is 7.90. The first-order valence-electron chi connectivity index (χ1n) is 7.37. The summed E-state index contributed by atoms with van der Waals surface area (Å²) < 4.78 is 23.1. The second kappa shape index (κ2) is 7.79. The zero-order valence-corrected chi connectivity index (χ0v) is 13.7. The summed E-state index contributed by atoms with van der Waals surface area (Å²) in [7, 11) is -2.93. The summed E-state index contributed by atoms with van der Waals surface area (Å²) in [5.41, 5.74) is 1.13. The van der Waals surface area contributed by atoms with Gasteiger partial charge in [0.25, 0.3) is 0 Å². The second-order valence-corrected chi connectivity index (χ2v) is 7.82. The van der Waals surface area contributed by atoms with Gasteiger partial charge < -0.3 is 5.32 Å². The molecule has 1 aromatic carbocycles. The van der Waals surface area contributed by atoms with E-state index in [1.807, 2.05) is 18.2 Å². The largest absolute Gasteiger partial charge is 0.316 e. The third-order valence-electron chi connectivity index (χ3n) is 3.90. The third-order valence-corrected chi connectivity index (χ3v) is 4.85. The molecule has 0 aliphatic heterocycles. The Labute approximate surface area is 123 Å². The standard InChI is InChI=1S/C16H27NO2S/c1-4-12-17-14-16(5-2,11-13-20(3,18)19)15-9-7-6-8-10-15/h6-10,17H,4-5,11-14H2,1-3H3. The molecule has 1 N–H and O–H groups in total. The van der Waals surface area contributed by atoms with Crippen molar-refractivity contribution in [3.8, 4) is 0 Å². The predicted octanol–water partition coefficient (Wildman–Crippen LogP) is 2.77. The van der Waals surface area contributed by atoms with Gasteiger partial charge in [-0.15, -0.1) is 0 Å². The molecular formula is C16H27NO2S. The molecule has 0 saturated heterocycles. The van der Waals surface area contributed by atoms with E-state index in [0.717, 1.165) is 25.9 Å². The fourth-order valence-electron chi connectivity index (χ4n) is 2.52. The van der Waals surface area contributed by atoms with Crippen molar-refractivity contribution in [2.75, 3.05) is 25.1 Å². The molecule has 0 radical (unpaired) electrons. The average Bonchev–Trinajstić information content (AvgIpc) is 2.43. The lowest BCUT2D eigenvalue weighted by Crippen LogP contribution is -2.39. The van der Waals surface area contributed by atoms with Crippen LogP contribution in [0.5, 0.6) is 0 Å². The number of benzene rings is 1. The van der Waals surface area contributed by atoms with Crippen LogP contribution in [0.4, 0.5) is 0 Å². The molecule has 1 atom stereocenters. The Morgan fingerprint density at radius 2 is 1.80 bits per heavy atom. The lowest BCUT2D eigenvalue weighted by molar-refractivity contribution is 0.369. The fourth-order valence-corrected chi connectivity index (χ4v) is 3.28. The highest BCUT2D eigenvalue weighted by Gasteiger charge is 2.30. The van der Waals surface area contributed by atoms with E-state index in [1.54, 1.807) is 0 Å². The molecule has 0 spiro atoms. The SMILES string of the molecule is CCCNCC(CC)(CCS(C)(=O)=O)c1ccccc1. The normalized spacial score (nSPS) is 14.9. The van der Waals surface area contributed by atoms with Gasteiger partial charge in [0.1, 0.15) is 9.84 Å². The number of rotatable bonds is 9. The van der Waals surface area contributed by atoms with E-state index >= 15 is 0 Å². The van der Waals surface area contributed by atoms with E-state index in [1.165, 1.54) is 11.8 Å². The Kier molecular flexibility index (Phi) is 6.69. The first kappa shape index (κ1) is 17.2. The van der Waals surface area contributed by atoms with Gasteiger partial charge in [0.2, 0.25) is 0 Å². The Hall–Kier alpha value is -0.870. The molecule has 1 aromatic rings. The van der Waals surface area contributed by atoms with Crippen molar-refractivity contribution in [1.82, 2.24) is 5.32 Å².